The molecule has 1 heterocycles. The number of thioether (sulfide) groups is 1. The van der Waals surface area contributed by atoms with E-state index in [0.29, 0.717) is 21.5 Å². The van der Waals surface area contributed by atoms with Crippen LogP contribution in [0.3, 0.4) is 0 Å². The summed E-state index contributed by atoms with van der Waals surface area (Å²) in [6, 6.07) is 16.3. The minimum atomic E-state index is -0.583. The molecule has 190 valence electrons. The minimum Gasteiger partial charge on any atom is -0.493 e. The number of hydrogen-bond donors (Lipinski definition) is 1. The molecule has 0 spiro atoms. The number of ether oxygens (including phenoxy) is 3. The maximum Gasteiger partial charge on any atom is 0.343 e. The molecule has 4 rings (SSSR count). The van der Waals surface area contributed by atoms with E-state index >= 15 is 0 Å². The molecule has 9 nitrogen and oxygen atoms in total. The van der Waals surface area contributed by atoms with Gasteiger partial charge in [-0.2, -0.15) is 0 Å². The summed E-state index contributed by atoms with van der Waals surface area (Å²) in [5.74, 6) is -1.03. The average molecular weight is 585 g/mol. The smallest absolute Gasteiger partial charge is 0.343 e. The van der Waals surface area contributed by atoms with Gasteiger partial charge in [0.05, 0.1) is 19.1 Å². The number of methoxy groups -OCH3 is 2. The van der Waals surface area contributed by atoms with Crippen molar-refractivity contribution < 1.29 is 33.4 Å². The Hall–Kier alpha value is -3.83. The number of benzene rings is 3. The van der Waals surface area contributed by atoms with Crippen molar-refractivity contribution in [3.63, 3.8) is 0 Å². The van der Waals surface area contributed by atoms with Crippen molar-refractivity contribution in [2.24, 2.45) is 0 Å². The molecule has 0 aromatic heterocycles. The van der Waals surface area contributed by atoms with Crippen LogP contribution in [0.25, 0.3) is 16.8 Å². The van der Waals surface area contributed by atoms with Crippen molar-refractivity contribution in [3.8, 4) is 11.5 Å². The fraction of sp³-hybridized carbons (Fsp3) is 0.154. The second-order valence-corrected chi connectivity index (χ2v) is 9.58. The number of hydrogen-bond acceptors (Lipinski definition) is 8. The Morgan fingerprint density at radius 1 is 1.05 bits per heavy atom. The molecule has 3 aromatic rings. The molecular formula is C26H21BrN2O7S. The molecule has 3 amide bonds. The molecule has 1 N–H and O–H groups in total. The maximum absolute atomic E-state index is 13.0. The second kappa shape index (κ2) is 11.5. The molecule has 0 aliphatic carbocycles. The van der Waals surface area contributed by atoms with Gasteiger partial charge in [0.25, 0.3) is 11.1 Å². The fourth-order valence-corrected chi connectivity index (χ4v) is 4.84. The highest BCUT2D eigenvalue weighted by molar-refractivity contribution is 9.10. The molecule has 11 heteroatoms. The third kappa shape index (κ3) is 5.95. The lowest BCUT2D eigenvalue weighted by Gasteiger charge is -2.14. The maximum atomic E-state index is 13.0. The Morgan fingerprint density at radius 3 is 2.57 bits per heavy atom. The Bertz CT molecular complexity index is 1430. The molecule has 0 bridgehead atoms. The van der Waals surface area contributed by atoms with Gasteiger partial charge in [-0.1, -0.05) is 52.3 Å². The molecular weight excluding hydrogens is 564 g/mol. The summed E-state index contributed by atoms with van der Waals surface area (Å²) in [6.45, 7) is -0.728. The summed E-state index contributed by atoms with van der Waals surface area (Å²) in [4.78, 5) is 50.7. The first-order valence-corrected chi connectivity index (χ1v) is 12.5. The summed E-state index contributed by atoms with van der Waals surface area (Å²) >= 11 is 4.15. The van der Waals surface area contributed by atoms with Gasteiger partial charge in [-0.3, -0.25) is 19.3 Å². The lowest BCUT2D eigenvalue weighted by atomic mass is 10.1. The third-order valence-corrected chi connectivity index (χ3v) is 6.98. The number of esters is 1. The number of nitrogens with zero attached hydrogens (tertiary/aromatic N) is 1. The van der Waals surface area contributed by atoms with E-state index in [1.54, 1.807) is 18.2 Å². The van der Waals surface area contributed by atoms with E-state index < -0.39 is 29.6 Å². The van der Waals surface area contributed by atoms with Crippen molar-refractivity contribution in [2.75, 3.05) is 32.7 Å². The zero-order valence-electron chi connectivity index (χ0n) is 19.8. The van der Waals surface area contributed by atoms with Crippen LogP contribution in [0.5, 0.6) is 11.5 Å². The zero-order valence-corrected chi connectivity index (χ0v) is 22.2. The Balaban J connectivity index is 1.49. The molecule has 0 unspecified atom stereocenters. The SMILES string of the molecule is COC(=O)COc1cc(Br)c(/C=C2/SC(=O)N(CC(=O)Nc3cccc4ccccc34)C2=O)cc1OC. The molecule has 37 heavy (non-hydrogen) atoms. The van der Waals surface area contributed by atoms with Crippen molar-refractivity contribution in [1.29, 1.82) is 0 Å². The first kappa shape index (κ1) is 26.2. The molecule has 1 saturated heterocycles. The van der Waals surface area contributed by atoms with Crippen molar-refractivity contribution in [2.45, 2.75) is 0 Å². The van der Waals surface area contributed by atoms with Crippen LogP contribution < -0.4 is 14.8 Å². The Labute approximate surface area is 224 Å². The standard InChI is InChI=1S/C26H21BrN2O7S/c1-34-20-10-16(18(27)12-21(20)36-14-24(31)35-2)11-22-25(32)29(26(33)37-22)13-23(30)28-19-9-5-7-15-6-3-4-8-17(15)19/h3-12H,13-14H2,1-2H3,(H,28,30)/b22-11+. The van der Waals surface area contributed by atoms with Crippen molar-refractivity contribution in [1.82, 2.24) is 4.90 Å². The number of fused-ring (bicyclic) bond motifs is 1. The summed E-state index contributed by atoms with van der Waals surface area (Å²) in [7, 11) is 2.68. The highest BCUT2D eigenvalue weighted by Gasteiger charge is 2.36. The van der Waals surface area contributed by atoms with E-state index in [4.69, 9.17) is 9.47 Å². The van der Waals surface area contributed by atoms with Crippen LogP contribution in [0.2, 0.25) is 0 Å². The normalized spacial score (nSPS) is 14.2. The van der Waals surface area contributed by atoms with Gasteiger partial charge in [0.15, 0.2) is 18.1 Å². The van der Waals surface area contributed by atoms with Gasteiger partial charge in [0.2, 0.25) is 5.91 Å². The summed E-state index contributed by atoms with van der Waals surface area (Å²) in [5, 5.41) is 4.04. The molecule has 3 aromatic carbocycles. The Morgan fingerprint density at radius 2 is 1.81 bits per heavy atom. The van der Waals surface area contributed by atoms with Crippen molar-refractivity contribution >= 4 is 73.3 Å². The predicted octanol–water partition coefficient (Wildman–Crippen LogP) is 4.84. The van der Waals surface area contributed by atoms with Gasteiger partial charge >= 0.3 is 5.97 Å². The topological polar surface area (TPSA) is 111 Å². The third-order valence-electron chi connectivity index (χ3n) is 5.38. The largest absolute Gasteiger partial charge is 0.493 e. The van der Waals surface area contributed by atoms with Crippen LogP contribution in [0.15, 0.2) is 64.0 Å². The fourth-order valence-electron chi connectivity index (χ4n) is 3.57. The highest BCUT2D eigenvalue weighted by Crippen LogP contribution is 2.38. The van der Waals surface area contributed by atoms with Gasteiger partial charge < -0.3 is 19.5 Å². The van der Waals surface area contributed by atoms with E-state index in [1.807, 2.05) is 36.4 Å². The molecule has 0 radical (unpaired) electrons. The number of anilines is 1. The number of imide groups is 1. The zero-order chi connectivity index (χ0) is 26.5. The molecule has 1 fully saturated rings. The number of amides is 3. The highest BCUT2D eigenvalue weighted by atomic mass is 79.9. The minimum absolute atomic E-state index is 0.147. The van der Waals surface area contributed by atoms with Gasteiger partial charge in [-0.25, -0.2) is 4.79 Å². The van der Waals surface area contributed by atoms with Gasteiger partial charge in [-0.05, 0) is 47.0 Å². The second-order valence-electron chi connectivity index (χ2n) is 7.73. The number of nitrogens with one attached hydrogen (secondary N) is 1. The monoisotopic (exact) mass is 584 g/mol. The molecule has 1 aliphatic heterocycles. The lowest BCUT2D eigenvalue weighted by Crippen LogP contribution is -2.36. The summed E-state index contributed by atoms with van der Waals surface area (Å²) in [5.41, 5.74) is 1.13. The van der Waals surface area contributed by atoms with E-state index in [-0.39, 0.29) is 17.3 Å². The number of carbonyl (C=O) groups is 4. The van der Waals surface area contributed by atoms with Gasteiger partial charge in [0, 0.05) is 15.5 Å². The van der Waals surface area contributed by atoms with Crippen LogP contribution in [0.1, 0.15) is 5.56 Å². The quantitative estimate of drug-likeness (QED) is 0.296. The van der Waals surface area contributed by atoms with E-state index in [9.17, 15) is 19.2 Å². The van der Waals surface area contributed by atoms with E-state index in [1.165, 1.54) is 20.3 Å². The summed E-state index contributed by atoms with van der Waals surface area (Å²) in [6.07, 6.45) is 1.52. The number of carbonyl (C=O) groups excluding carboxylic acids is 4. The first-order chi connectivity index (χ1) is 17.8. The van der Waals surface area contributed by atoms with Crippen molar-refractivity contribution in [3.05, 3.63) is 69.5 Å². The predicted molar refractivity (Wildman–Crippen MR) is 143 cm³/mol. The molecule has 0 saturated carbocycles. The number of halogens is 1. The lowest BCUT2D eigenvalue weighted by molar-refractivity contribution is -0.143. The van der Waals surface area contributed by atoms with Gasteiger partial charge in [0.1, 0.15) is 6.54 Å². The van der Waals surface area contributed by atoms with Crippen LogP contribution >= 0.6 is 27.7 Å². The van der Waals surface area contributed by atoms with Crippen LogP contribution in [0, 0.1) is 0 Å². The number of rotatable bonds is 8. The van der Waals surface area contributed by atoms with Crippen LogP contribution in [-0.2, 0) is 19.1 Å². The molecule has 1 aliphatic rings. The van der Waals surface area contributed by atoms with Crippen LogP contribution in [0.4, 0.5) is 10.5 Å². The van der Waals surface area contributed by atoms with Gasteiger partial charge in [-0.15, -0.1) is 0 Å². The van der Waals surface area contributed by atoms with E-state index in [0.717, 1.165) is 27.4 Å². The van der Waals surface area contributed by atoms with E-state index in [2.05, 4.69) is 26.0 Å². The average Bonchev–Trinajstić information content (AvgIpc) is 3.15. The first-order valence-electron chi connectivity index (χ1n) is 10.9. The summed E-state index contributed by atoms with van der Waals surface area (Å²) < 4.78 is 15.9. The Kier molecular flexibility index (Phi) is 8.14. The molecule has 0 atom stereocenters. The van der Waals surface area contributed by atoms with Crippen LogP contribution in [-0.4, -0.2) is 55.3 Å².